The van der Waals surface area contributed by atoms with Crippen molar-refractivity contribution in [1.82, 2.24) is 0 Å². The van der Waals surface area contributed by atoms with Gasteiger partial charge < -0.3 is 0 Å². The average Bonchev–Trinajstić information content (AvgIpc) is 3.50. The van der Waals surface area contributed by atoms with Gasteiger partial charge in [0.15, 0.2) is 0 Å². The minimum Gasteiger partial charge on any atom is -0.269 e. The second-order valence-electron chi connectivity index (χ2n) is 15.7. The summed E-state index contributed by atoms with van der Waals surface area (Å²) in [6.07, 6.45) is 19.5. The largest absolute Gasteiger partial charge is 0.269 e. The molecule has 0 amide bonds. The molecule has 0 unspecified atom stereocenters. The van der Waals surface area contributed by atoms with E-state index in [1.54, 1.807) is 49.1 Å². The predicted octanol–water partition coefficient (Wildman–Crippen LogP) is 11.1. The fourth-order valence-electron chi connectivity index (χ4n) is 8.24. The van der Waals surface area contributed by atoms with E-state index in [-0.39, 0.29) is 35.6 Å². The third-order valence-electron chi connectivity index (χ3n) is 9.77. The maximum Gasteiger partial charge on any atom is -0.0373 e. The average molecular weight is 683 g/mol. The number of halogens is 2. The molecule has 0 nitrogen and oxygen atoms in total. The molecule has 0 spiro atoms. The third kappa shape index (κ3) is 7.90. The Balaban J connectivity index is 0.000000202. The van der Waals surface area contributed by atoms with Crippen molar-refractivity contribution >= 4 is 28.0 Å². The molecule has 0 aliphatic heterocycles. The zero-order chi connectivity index (χ0) is 28.9. The standard InChI is InChI=1S/C21H25.C15H19.C3H6.2ClH.Zr/c1-20(2,3)16-7-9-18-14(12-16)11-15-13-17(21(4,5)6)8-10-19(15)18;1-2-4-14(3-1)15-8-11-5-12(9-15)7-13(6-11)10-15;1-3-2;;;/h7-10,12H,11H2,1-6H3;1,3,11-13H,2,5-10H2;1-2H3;2*1H;/q2*-1;;;;+2. The Morgan fingerprint density at radius 1 is 0.810 bits per heavy atom. The van der Waals surface area contributed by atoms with E-state index in [1.165, 1.54) is 55.8 Å². The van der Waals surface area contributed by atoms with Gasteiger partial charge in [0.1, 0.15) is 0 Å². The van der Waals surface area contributed by atoms with Gasteiger partial charge in [-0.3, -0.25) is 6.08 Å². The van der Waals surface area contributed by atoms with Crippen LogP contribution in [0.15, 0.2) is 48.1 Å². The van der Waals surface area contributed by atoms with Crippen LogP contribution in [-0.4, -0.2) is 3.21 Å². The topological polar surface area (TPSA) is 0 Å². The fourth-order valence-corrected chi connectivity index (χ4v) is 8.24. The van der Waals surface area contributed by atoms with Crippen LogP contribution in [0.4, 0.5) is 0 Å². The first kappa shape index (κ1) is 35.7. The number of allylic oxidation sites excluding steroid dienone is 4. The summed E-state index contributed by atoms with van der Waals surface area (Å²) in [7, 11) is 0. The van der Waals surface area contributed by atoms with Gasteiger partial charge in [0.05, 0.1) is 0 Å². The molecule has 2 aromatic rings. The normalized spacial score (nSPS) is 26.0. The molecule has 4 fully saturated rings. The molecule has 42 heavy (non-hydrogen) atoms. The second-order valence-corrected chi connectivity index (χ2v) is 18.2. The Morgan fingerprint density at radius 2 is 1.36 bits per heavy atom. The molecular weight excluding hydrogens is 631 g/mol. The summed E-state index contributed by atoms with van der Waals surface area (Å²) in [5.41, 5.74) is 10.9. The van der Waals surface area contributed by atoms with Crippen LogP contribution in [0.2, 0.25) is 0 Å². The van der Waals surface area contributed by atoms with Gasteiger partial charge in [0, 0.05) is 0 Å². The molecule has 4 saturated carbocycles. The van der Waals surface area contributed by atoms with Gasteiger partial charge >= 0.3 is 41.3 Å². The van der Waals surface area contributed by atoms with E-state index in [0.717, 1.165) is 30.6 Å². The Bertz CT molecular complexity index is 1230. The first-order chi connectivity index (χ1) is 18.7. The molecule has 0 aromatic heterocycles. The van der Waals surface area contributed by atoms with Gasteiger partial charge in [0.2, 0.25) is 0 Å². The molecule has 0 atom stereocenters. The molecule has 6 aliphatic carbocycles. The monoisotopic (exact) mass is 680 g/mol. The van der Waals surface area contributed by atoms with Crippen molar-refractivity contribution in [3.63, 3.8) is 0 Å². The zero-order valence-electron chi connectivity index (χ0n) is 27.2. The van der Waals surface area contributed by atoms with Crippen LogP contribution in [0.25, 0.3) is 11.1 Å². The number of fused-ring (bicyclic) bond motifs is 3. The van der Waals surface area contributed by atoms with Crippen molar-refractivity contribution in [3.05, 3.63) is 82.5 Å². The maximum atomic E-state index is 3.67. The Morgan fingerprint density at radius 3 is 1.83 bits per heavy atom. The third-order valence-corrected chi connectivity index (χ3v) is 9.77. The first-order valence-electron chi connectivity index (χ1n) is 15.7. The summed E-state index contributed by atoms with van der Waals surface area (Å²) in [5.74, 6) is 3.21. The van der Waals surface area contributed by atoms with E-state index < -0.39 is 0 Å². The van der Waals surface area contributed by atoms with E-state index in [1.807, 2.05) is 0 Å². The Kier molecular flexibility index (Phi) is 11.7. The molecule has 2 aromatic carbocycles. The summed E-state index contributed by atoms with van der Waals surface area (Å²) < 4.78 is 1.51. The van der Waals surface area contributed by atoms with Gasteiger partial charge in [-0.15, -0.1) is 42.4 Å². The van der Waals surface area contributed by atoms with Crippen LogP contribution in [0.3, 0.4) is 0 Å². The summed E-state index contributed by atoms with van der Waals surface area (Å²) in [4.78, 5) is 0. The van der Waals surface area contributed by atoms with Crippen molar-refractivity contribution in [2.24, 2.45) is 23.2 Å². The molecule has 0 heterocycles. The molecule has 3 heteroatoms. The summed E-state index contributed by atoms with van der Waals surface area (Å²) >= 11 is 1.55. The summed E-state index contributed by atoms with van der Waals surface area (Å²) in [6, 6.07) is 15.2. The van der Waals surface area contributed by atoms with Crippen LogP contribution in [-0.2, 0) is 41.5 Å². The molecule has 226 valence electrons. The number of benzene rings is 2. The van der Waals surface area contributed by atoms with E-state index >= 15 is 0 Å². The SMILES string of the molecule is CC(C)(C)c1[c-]c2c(cc1)-c1ccc(C(C)(C)C)cc1C2.C[C](C)=[Zr+2].Cl.Cl.[C-]1=C(C23CC4CC(CC(C4)C2)C3)C=CC1. The van der Waals surface area contributed by atoms with Crippen molar-refractivity contribution < 1.29 is 24.2 Å². The van der Waals surface area contributed by atoms with Crippen LogP contribution in [0.1, 0.15) is 123 Å². The molecule has 0 radical (unpaired) electrons. The van der Waals surface area contributed by atoms with E-state index in [4.69, 9.17) is 0 Å². The van der Waals surface area contributed by atoms with Crippen LogP contribution in [0.5, 0.6) is 0 Å². The maximum absolute atomic E-state index is 3.67. The zero-order valence-corrected chi connectivity index (χ0v) is 31.3. The minimum absolute atomic E-state index is 0. The van der Waals surface area contributed by atoms with Crippen molar-refractivity contribution in [2.45, 2.75) is 118 Å². The van der Waals surface area contributed by atoms with Crippen LogP contribution >= 0.6 is 24.8 Å². The van der Waals surface area contributed by atoms with Crippen molar-refractivity contribution in [3.8, 4) is 11.1 Å². The van der Waals surface area contributed by atoms with E-state index in [2.05, 4.69) is 110 Å². The van der Waals surface area contributed by atoms with Gasteiger partial charge in [-0.25, -0.2) is 11.6 Å². The predicted molar refractivity (Wildman–Crippen MR) is 183 cm³/mol. The van der Waals surface area contributed by atoms with E-state index in [9.17, 15) is 0 Å². The van der Waals surface area contributed by atoms with Gasteiger partial charge in [-0.1, -0.05) is 65.3 Å². The quantitative estimate of drug-likeness (QED) is 0.224. The molecule has 6 aliphatic rings. The first-order valence-corrected chi connectivity index (χ1v) is 17.0. The molecule has 4 bridgehead atoms. The van der Waals surface area contributed by atoms with Crippen LogP contribution in [0, 0.1) is 35.3 Å². The molecule has 0 N–H and O–H groups in total. The fraction of sp³-hybridized carbons (Fsp3) is 0.564. The smallest absolute Gasteiger partial charge is 0.0373 e. The number of hydrogen-bond donors (Lipinski definition) is 0. The molecular formula is C39H52Cl2Zr. The Hall–Kier alpha value is -0.747. The minimum atomic E-state index is 0. The summed E-state index contributed by atoms with van der Waals surface area (Å²) in [6.45, 7) is 17.8. The van der Waals surface area contributed by atoms with Gasteiger partial charge in [-0.2, -0.15) is 29.8 Å². The van der Waals surface area contributed by atoms with E-state index in [0.29, 0.717) is 5.41 Å². The van der Waals surface area contributed by atoms with Crippen LogP contribution < -0.4 is 0 Å². The molecule has 8 rings (SSSR count). The van der Waals surface area contributed by atoms with Gasteiger partial charge in [-0.05, 0) is 90.1 Å². The van der Waals surface area contributed by atoms with Crippen molar-refractivity contribution in [2.75, 3.05) is 0 Å². The number of rotatable bonds is 1. The van der Waals surface area contributed by atoms with Gasteiger partial charge in [0.25, 0.3) is 0 Å². The van der Waals surface area contributed by atoms with Crippen molar-refractivity contribution in [1.29, 1.82) is 0 Å². The summed E-state index contributed by atoms with van der Waals surface area (Å²) in [5, 5.41) is 0. The second kappa shape index (κ2) is 13.7. The number of hydrogen-bond acceptors (Lipinski definition) is 0. The molecule has 0 saturated heterocycles. The Labute approximate surface area is 284 Å².